The number of aliphatic hydroxyl groups is 1. The number of aromatic nitrogens is 6. The van der Waals surface area contributed by atoms with Crippen LogP contribution in [0.2, 0.25) is 5.15 Å². The molecule has 0 fully saturated rings. The zero-order chi connectivity index (χ0) is 12.6. The van der Waals surface area contributed by atoms with Crippen LogP contribution in [0.4, 0.5) is 0 Å². The van der Waals surface area contributed by atoms with Crippen molar-refractivity contribution in [2.45, 2.75) is 19.4 Å². The molecule has 1 atom stereocenters. The van der Waals surface area contributed by atoms with Crippen LogP contribution in [-0.4, -0.2) is 35.1 Å². The monoisotopic (exact) mass is 256 g/mol. The Kier molecular flexibility index (Phi) is 3.12. The quantitative estimate of drug-likeness (QED) is 0.847. The highest BCUT2D eigenvalue weighted by Crippen LogP contribution is 2.27. The van der Waals surface area contributed by atoms with Gasteiger partial charge in [0.05, 0.1) is 18.8 Å². The molecule has 0 aliphatic rings. The van der Waals surface area contributed by atoms with Gasteiger partial charge >= 0.3 is 0 Å². The molecule has 0 amide bonds. The maximum Gasteiger partial charge on any atom is 0.177 e. The molecule has 0 saturated heterocycles. The zero-order valence-electron chi connectivity index (χ0n) is 9.79. The number of aliphatic hydroxyl groups excluding tert-OH is 1. The number of nitrogens with zero attached hydrogens (tertiary/aromatic N) is 6. The van der Waals surface area contributed by atoms with Crippen molar-refractivity contribution in [1.29, 1.82) is 0 Å². The number of hydrogen-bond acceptors (Lipinski definition) is 5. The van der Waals surface area contributed by atoms with Crippen LogP contribution in [0.3, 0.4) is 0 Å². The lowest BCUT2D eigenvalue weighted by molar-refractivity contribution is 0.175. The van der Waals surface area contributed by atoms with Crippen LogP contribution in [0, 0.1) is 6.92 Å². The maximum atomic E-state index is 10.1. The van der Waals surface area contributed by atoms with Gasteiger partial charge in [0.15, 0.2) is 5.82 Å². The largest absolute Gasteiger partial charge is 0.388 e. The molecule has 8 heteroatoms. The van der Waals surface area contributed by atoms with E-state index in [9.17, 15) is 5.11 Å². The van der Waals surface area contributed by atoms with Gasteiger partial charge in [0.25, 0.3) is 0 Å². The Bertz CT molecular complexity index is 534. The molecule has 0 bridgehead atoms. The van der Waals surface area contributed by atoms with E-state index in [0.717, 1.165) is 0 Å². The van der Waals surface area contributed by atoms with E-state index in [1.54, 1.807) is 21.0 Å². The van der Waals surface area contributed by atoms with Gasteiger partial charge in [-0.2, -0.15) is 9.90 Å². The first kappa shape index (κ1) is 12.0. The highest BCUT2D eigenvalue weighted by atomic mass is 35.5. The van der Waals surface area contributed by atoms with Crippen LogP contribution < -0.4 is 0 Å². The van der Waals surface area contributed by atoms with Crippen molar-refractivity contribution in [3.63, 3.8) is 0 Å². The second-order valence-electron chi connectivity index (χ2n) is 3.83. The number of halogens is 1. The summed E-state index contributed by atoms with van der Waals surface area (Å²) in [6.07, 6.45) is -0.513. The molecule has 0 spiro atoms. The van der Waals surface area contributed by atoms with Crippen LogP contribution in [-0.2, 0) is 20.5 Å². The van der Waals surface area contributed by atoms with E-state index in [4.69, 9.17) is 11.6 Å². The van der Waals surface area contributed by atoms with Gasteiger partial charge in [0, 0.05) is 19.0 Å². The van der Waals surface area contributed by atoms with E-state index in [1.165, 1.54) is 9.48 Å². The first-order valence-corrected chi connectivity index (χ1v) is 5.46. The smallest absolute Gasteiger partial charge is 0.177 e. The van der Waals surface area contributed by atoms with E-state index >= 15 is 0 Å². The molecule has 0 saturated carbocycles. The summed E-state index contributed by atoms with van der Waals surface area (Å²) in [5.41, 5.74) is 1.32. The SMILES string of the molecule is Cc1nn(C)c(Cl)c1C(O)Cc1nnn(C)n1. The third kappa shape index (κ3) is 2.29. The minimum Gasteiger partial charge on any atom is -0.388 e. The minimum absolute atomic E-state index is 0.264. The fraction of sp³-hybridized carbons (Fsp3) is 0.556. The molecular formula is C9H13ClN6O. The molecular weight excluding hydrogens is 244 g/mol. The lowest BCUT2D eigenvalue weighted by Crippen LogP contribution is -2.05. The van der Waals surface area contributed by atoms with Crippen molar-refractivity contribution in [3.8, 4) is 0 Å². The average molecular weight is 257 g/mol. The Labute approximate surface area is 103 Å². The molecule has 2 rings (SSSR count). The highest BCUT2D eigenvalue weighted by Gasteiger charge is 2.21. The standard InChI is InChI=1S/C9H13ClN6O/c1-5-8(9(10)15(2)12-5)6(17)4-7-11-14-16(3)13-7/h6,17H,4H2,1-3H3. The van der Waals surface area contributed by atoms with Crippen molar-refractivity contribution in [2.24, 2.45) is 14.1 Å². The van der Waals surface area contributed by atoms with Gasteiger partial charge in [-0.25, -0.2) is 0 Å². The van der Waals surface area contributed by atoms with Crippen LogP contribution in [0.15, 0.2) is 0 Å². The van der Waals surface area contributed by atoms with Gasteiger partial charge in [0.1, 0.15) is 5.15 Å². The normalized spacial score (nSPS) is 13.0. The molecule has 2 aromatic rings. The number of aryl methyl sites for hydroxylation is 3. The van der Waals surface area contributed by atoms with Crippen molar-refractivity contribution in [1.82, 2.24) is 30.0 Å². The zero-order valence-corrected chi connectivity index (χ0v) is 10.5. The third-order valence-corrected chi connectivity index (χ3v) is 2.90. The molecule has 0 aliphatic carbocycles. The molecule has 0 aromatic carbocycles. The van der Waals surface area contributed by atoms with Gasteiger partial charge in [-0.3, -0.25) is 4.68 Å². The predicted molar refractivity (Wildman–Crippen MR) is 60.4 cm³/mol. The van der Waals surface area contributed by atoms with Gasteiger partial charge < -0.3 is 5.11 Å². The Hall–Kier alpha value is -1.47. The molecule has 1 N–H and O–H groups in total. The number of tetrazole rings is 1. The van der Waals surface area contributed by atoms with Crippen LogP contribution >= 0.6 is 11.6 Å². The van der Waals surface area contributed by atoms with Crippen molar-refractivity contribution in [2.75, 3.05) is 0 Å². The first-order chi connectivity index (χ1) is 7.99. The second kappa shape index (κ2) is 4.42. The van der Waals surface area contributed by atoms with Gasteiger partial charge in [-0.05, 0) is 12.1 Å². The molecule has 2 aromatic heterocycles. The highest BCUT2D eigenvalue weighted by molar-refractivity contribution is 6.30. The van der Waals surface area contributed by atoms with Crippen molar-refractivity contribution >= 4 is 11.6 Å². The minimum atomic E-state index is -0.777. The summed E-state index contributed by atoms with van der Waals surface area (Å²) >= 11 is 6.06. The van der Waals surface area contributed by atoms with Crippen molar-refractivity contribution < 1.29 is 5.11 Å². The number of hydrogen-bond donors (Lipinski definition) is 1. The topological polar surface area (TPSA) is 81.6 Å². The summed E-state index contributed by atoms with van der Waals surface area (Å²) in [6.45, 7) is 1.80. The summed E-state index contributed by atoms with van der Waals surface area (Å²) in [6, 6.07) is 0. The van der Waals surface area contributed by atoms with E-state index in [2.05, 4.69) is 20.5 Å². The third-order valence-electron chi connectivity index (χ3n) is 2.46. The van der Waals surface area contributed by atoms with Gasteiger partial charge in [0.2, 0.25) is 0 Å². The van der Waals surface area contributed by atoms with Crippen molar-refractivity contribution in [3.05, 3.63) is 22.2 Å². The summed E-state index contributed by atoms with van der Waals surface area (Å²) in [4.78, 5) is 1.35. The Morgan fingerprint density at radius 3 is 2.53 bits per heavy atom. The lowest BCUT2D eigenvalue weighted by atomic mass is 10.1. The van der Waals surface area contributed by atoms with E-state index in [1.807, 2.05) is 0 Å². The number of rotatable bonds is 3. The molecule has 17 heavy (non-hydrogen) atoms. The molecule has 0 radical (unpaired) electrons. The molecule has 0 aliphatic heterocycles. The Morgan fingerprint density at radius 2 is 2.06 bits per heavy atom. The fourth-order valence-electron chi connectivity index (χ4n) is 1.71. The molecule has 2 heterocycles. The summed E-state index contributed by atoms with van der Waals surface area (Å²) in [5, 5.41) is 26.2. The molecule has 92 valence electrons. The maximum absolute atomic E-state index is 10.1. The van der Waals surface area contributed by atoms with Gasteiger partial charge in [-0.15, -0.1) is 10.2 Å². The van der Waals surface area contributed by atoms with E-state index in [0.29, 0.717) is 22.2 Å². The summed E-state index contributed by atoms with van der Waals surface area (Å²) in [7, 11) is 3.40. The Morgan fingerprint density at radius 1 is 1.35 bits per heavy atom. The lowest BCUT2D eigenvalue weighted by Gasteiger charge is -2.07. The molecule has 1 unspecified atom stereocenters. The van der Waals surface area contributed by atoms with Crippen LogP contribution in [0.25, 0.3) is 0 Å². The predicted octanol–water partition coefficient (Wildman–Crippen LogP) is 0.182. The summed E-state index contributed by atoms with van der Waals surface area (Å²) < 4.78 is 1.53. The fourth-order valence-corrected chi connectivity index (χ4v) is 2.01. The summed E-state index contributed by atoms with van der Waals surface area (Å²) in [5.74, 6) is 0.472. The average Bonchev–Trinajstić information content (AvgIpc) is 2.73. The van der Waals surface area contributed by atoms with E-state index in [-0.39, 0.29) is 6.42 Å². The first-order valence-electron chi connectivity index (χ1n) is 5.09. The Balaban J connectivity index is 2.22. The van der Waals surface area contributed by atoms with E-state index < -0.39 is 6.10 Å². The second-order valence-corrected chi connectivity index (χ2v) is 4.19. The molecule has 7 nitrogen and oxygen atoms in total. The van der Waals surface area contributed by atoms with Crippen LogP contribution in [0.5, 0.6) is 0 Å². The van der Waals surface area contributed by atoms with Crippen LogP contribution in [0.1, 0.15) is 23.2 Å². The van der Waals surface area contributed by atoms with Gasteiger partial charge in [-0.1, -0.05) is 11.6 Å².